The van der Waals surface area contributed by atoms with Gasteiger partial charge in [-0.2, -0.15) is 0 Å². The second kappa shape index (κ2) is 5.46. The van der Waals surface area contributed by atoms with E-state index in [4.69, 9.17) is 0 Å². The number of carbonyl (C=O) groups is 1. The second-order valence-electron chi connectivity index (χ2n) is 2.95. The van der Waals surface area contributed by atoms with Crippen molar-refractivity contribution in [3.05, 3.63) is 29.8 Å². The van der Waals surface area contributed by atoms with Gasteiger partial charge in [0.1, 0.15) is 11.5 Å². The molecule has 0 saturated carbocycles. The van der Waals surface area contributed by atoms with Gasteiger partial charge in [-0.25, -0.2) is 0 Å². The summed E-state index contributed by atoms with van der Waals surface area (Å²) in [5, 5.41) is 18.6. The molecule has 2 N–H and O–H groups in total. The van der Waals surface area contributed by atoms with Gasteiger partial charge in [-0.05, 0) is 18.2 Å². The van der Waals surface area contributed by atoms with Gasteiger partial charge in [0.2, 0.25) is 0 Å². The van der Waals surface area contributed by atoms with Crippen LogP contribution in [0.2, 0.25) is 0 Å². The predicted molar refractivity (Wildman–Crippen MR) is 61.9 cm³/mol. The summed E-state index contributed by atoms with van der Waals surface area (Å²) >= 11 is 1.19. The van der Waals surface area contributed by atoms with Crippen LogP contribution in [0.4, 0.5) is 0 Å². The Labute approximate surface area is 92.4 Å². The van der Waals surface area contributed by atoms with Gasteiger partial charge in [0.05, 0.1) is 0 Å². The maximum atomic E-state index is 10.6. The minimum absolute atomic E-state index is 0.0554. The molecule has 0 unspecified atom stereocenters. The summed E-state index contributed by atoms with van der Waals surface area (Å²) in [7, 11) is 0. The van der Waals surface area contributed by atoms with E-state index in [0.717, 1.165) is 0 Å². The molecule has 0 heterocycles. The lowest BCUT2D eigenvalue weighted by Crippen LogP contribution is -1.81. The van der Waals surface area contributed by atoms with Crippen LogP contribution in [0.5, 0.6) is 11.5 Å². The molecule has 4 heteroatoms. The maximum Gasteiger partial charge on any atom is 0.186 e. The van der Waals surface area contributed by atoms with E-state index in [0.29, 0.717) is 11.3 Å². The Morgan fingerprint density at radius 2 is 2.20 bits per heavy atom. The number of benzene rings is 1. The summed E-state index contributed by atoms with van der Waals surface area (Å²) in [5.74, 6) is 0.772. The van der Waals surface area contributed by atoms with Crippen molar-refractivity contribution in [2.75, 3.05) is 5.75 Å². The number of rotatable bonds is 3. The minimum atomic E-state index is 0.0554. The molecule has 0 aliphatic heterocycles. The summed E-state index contributed by atoms with van der Waals surface area (Å²) in [6.45, 7) is 1.50. The van der Waals surface area contributed by atoms with Crippen LogP contribution >= 0.6 is 11.8 Å². The summed E-state index contributed by atoms with van der Waals surface area (Å²) < 4.78 is 0. The monoisotopic (exact) mass is 224 g/mol. The van der Waals surface area contributed by atoms with Crippen molar-refractivity contribution < 1.29 is 15.0 Å². The first-order chi connectivity index (χ1) is 7.09. The molecule has 0 aliphatic carbocycles. The Bertz CT molecular complexity index is 385. The van der Waals surface area contributed by atoms with E-state index in [2.05, 4.69) is 0 Å². The zero-order valence-corrected chi connectivity index (χ0v) is 9.12. The smallest absolute Gasteiger partial charge is 0.186 e. The lowest BCUT2D eigenvalue weighted by atomic mass is 10.2. The van der Waals surface area contributed by atoms with Crippen LogP contribution in [-0.4, -0.2) is 21.1 Å². The van der Waals surface area contributed by atoms with Crippen LogP contribution in [0.3, 0.4) is 0 Å². The molecular weight excluding hydrogens is 212 g/mol. The Kier molecular flexibility index (Phi) is 4.24. The molecule has 1 aromatic carbocycles. The Morgan fingerprint density at radius 3 is 2.87 bits per heavy atom. The summed E-state index contributed by atoms with van der Waals surface area (Å²) in [5.41, 5.74) is 0.541. The molecule has 15 heavy (non-hydrogen) atoms. The lowest BCUT2D eigenvalue weighted by Gasteiger charge is -1.99. The van der Waals surface area contributed by atoms with Crippen LogP contribution < -0.4 is 0 Å². The third-order valence-electron chi connectivity index (χ3n) is 1.69. The molecule has 0 bridgehead atoms. The molecular formula is C11H12O3S. The maximum absolute atomic E-state index is 10.6. The quantitative estimate of drug-likeness (QED) is 0.774. The van der Waals surface area contributed by atoms with E-state index in [1.807, 2.05) is 0 Å². The second-order valence-corrected chi connectivity index (χ2v) is 4.14. The molecule has 3 nitrogen and oxygen atoms in total. The number of carbonyl (C=O) groups excluding carboxylic acids is 1. The van der Waals surface area contributed by atoms with Crippen LogP contribution in [0.1, 0.15) is 12.5 Å². The van der Waals surface area contributed by atoms with Gasteiger partial charge in [-0.15, -0.1) is 0 Å². The lowest BCUT2D eigenvalue weighted by molar-refractivity contribution is -0.109. The average molecular weight is 224 g/mol. The summed E-state index contributed by atoms with van der Waals surface area (Å²) in [6, 6.07) is 4.30. The van der Waals surface area contributed by atoms with Crippen molar-refractivity contribution >= 4 is 23.0 Å². The number of hydrogen-bond acceptors (Lipinski definition) is 4. The highest BCUT2D eigenvalue weighted by atomic mass is 32.2. The predicted octanol–water partition coefficient (Wildman–Crippen LogP) is 2.39. The largest absolute Gasteiger partial charge is 0.508 e. The number of phenols is 2. The van der Waals surface area contributed by atoms with E-state index in [9.17, 15) is 15.0 Å². The number of phenolic OH excluding ortho intramolecular Hbond substituents is 2. The van der Waals surface area contributed by atoms with E-state index >= 15 is 0 Å². The number of hydrogen-bond donors (Lipinski definition) is 2. The van der Waals surface area contributed by atoms with Crippen LogP contribution in [0.25, 0.3) is 6.08 Å². The minimum Gasteiger partial charge on any atom is -0.508 e. The highest BCUT2D eigenvalue weighted by Gasteiger charge is 1.98. The highest BCUT2D eigenvalue weighted by Crippen LogP contribution is 2.23. The molecule has 0 spiro atoms. The van der Waals surface area contributed by atoms with Gasteiger partial charge in [0, 0.05) is 18.2 Å². The topological polar surface area (TPSA) is 57.5 Å². The van der Waals surface area contributed by atoms with Crippen molar-refractivity contribution in [1.82, 2.24) is 0 Å². The van der Waals surface area contributed by atoms with Gasteiger partial charge in [-0.3, -0.25) is 4.79 Å². The summed E-state index contributed by atoms with van der Waals surface area (Å²) in [4.78, 5) is 10.6. The molecule has 0 aromatic heterocycles. The van der Waals surface area contributed by atoms with E-state index in [1.165, 1.54) is 36.9 Å². The van der Waals surface area contributed by atoms with E-state index in [1.54, 1.807) is 12.2 Å². The first-order valence-electron chi connectivity index (χ1n) is 4.41. The fourth-order valence-corrected chi connectivity index (χ4v) is 1.44. The standard InChI is InChI=1S/C11H12O3S/c1-8(12)15-6-2-3-9-7-10(13)4-5-11(9)14/h2-5,7,13-14H,6H2,1H3. The van der Waals surface area contributed by atoms with E-state index < -0.39 is 0 Å². The van der Waals surface area contributed by atoms with Crippen molar-refractivity contribution in [1.29, 1.82) is 0 Å². The first kappa shape index (κ1) is 11.7. The Morgan fingerprint density at radius 1 is 1.47 bits per heavy atom. The van der Waals surface area contributed by atoms with Crippen LogP contribution in [0.15, 0.2) is 24.3 Å². The molecule has 0 saturated heterocycles. The van der Waals surface area contributed by atoms with Crippen molar-refractivity contribution in [3.8, 4) is 11.5 Å². The number of aromatic hydroxyl groups is 2. The molecule has 0 aliphatic rings. The van der Waals surface area contributed by atoms with Crippen molar-refractivity contribution in [2.24, 2.45) is 0 Å². The third kappa shape index (κ3) is 4.08. The average Bonchev–Trinajstić information content (AvgIpc) is 2.17. The van der Waals surface area contributed by atoms with Gasteiger partial charge in [0.25, 0.3) is 0 Å². The Hall–Kier alpha value is -1.42. The molecule has 1 aromatic rings. The molecule has 0 atom stereocenters. The summed E-state index contributed by atoms with van der Waals surface area (Å²) in [6.07, 6.45) is 3.44. The van der Waals surface area contributed by atoms with Gasteiger partial charge in [0.15, 0.2) is 5.12 Å². The van der Waals surface area contributed by atoms with Crippen molar-refractivity contribution in [3.63, 3.8) is 0 Å². The molecule has 80 valence electrons. The SMILES string of the molecule is CC(=O)SCC=Cc1cc(O)ccc1O. The molecule has 0 fully saturated rings. The molecule has 0 radical (unpaired) electrons. The fourth-order valence-electron chi connectivity index (χ4n) is 1.02. The zero-order chi connectivity index (χ0) is 11.3. The third-order valence-corrected chi connectivity index (χ3v) is 2.46. The Balaban J connectivity index is 2.63. The number of thioether (sulfide) groups is 1. The van der Waals surface area contributed by atoms with Crippen LogP contribution in [-0.2, 0) is 4.79 Å². The normalized spacial score (nSPS) is 10.7. The molecule has 1 rings (SSSR count). The van der Waals surface area contributed by atoms with E-state index in [-0.39, 0.29) is 16.6 Å². The fraction of sp³-hybridized carbons (Fsp3) is 0.182. The highest BCUT2D eigenvalue weighted by molar-refractivity contribution is 8.13. The zero-order valence-electron chi connectivity index (χ0n) is 8.30. The van der Waals surface area contributed by atoms with Gasteiger partial charge in [-0.1, -0.05) is 23.9 Å². The van der Waals surface area contributed by atoms with Gasteiger partial charge < -0.3 is 10.2 Å². The molecule has 0 amide bonds. The first-order valence-corrected chi connectivity index (χ1v) is 5.40. The van der Waals surface area contributed by atoms with Gasteiger partial charge >= 0.3 is 0 Å². The van der Waals surface area contributed by atoms with Crippen LogP contribution in [0, 0.1) is 0 Å². The van der Waals surface area contributed by atoms with Crippen molar-refractivity contribution in [2.45, 2.75) is 6.92 Å².